The Bertz CT molecular complexity index is 724. The number of carbonyl (C=O) groups is 1. The summed E-state index contributed by atoms with van der Waals surface area (Å²) in [6.07, 6.45) is 6.42. The average Bonchev–Trinajstić information content (AvgIpc) is 3.22. The number of hydrogen-bond acceptors (Lipinski definition) is 3. The summed E-state index contributed by atoms with van der Waals surface area (Å²) in [6.45, 7) is 2.01. The lowest BCUT2D eigenvalue weighted by molar-refractivity contribution is 0.0661. The summed E-state index contributed by atoms with van der Waals surface area (Å²) in [6, 6.07) is 10.9. The van der Waals surface area contributed by atoms with Gasteiger partial charge in [0.05, 0.1) is 0 Å². The first kappa shape index (κ1) is 14.6. The van der Waals surface area contributed by atoms with Gasteiger partial charge in [0.15, 0.2) is 0 Å². The first-order valence-electron chi connectivity index (χ1n) is 8.60. The van der Waals surface area contributed by atoms with Crippen LogP contribution < -0.4 is 0 Å². The number of carbonyl (C=O) groups excluding carboxylic acids is 1. The second-order valence-electron chi connectivity index (χ2n) is 6.78. The minimum atomic E-state index is 0.101. The highest BCUT2D eigenvalue weighted by Gasteiger charge is 2.39. The van der Waals surface area contributed by atoms with Crippen LogP contribution in [0.15, 0.2) is 36.5 Å². The lowest BCUT2D eigenvalue weighted by Gasteiger charge is -2.33. The van der Waals surface area contributed by atoms with Crippen LogP contribution in [-0.4, -0.2) is 52.9 Å². The number of nitrogens with zero attached hydrogens (tertiary/aromatic N) is 3. The van der Waals surface area contributed by atoms with Gasteiger partial charge in [0.25, 0.3) is 5.91 Å². The summed E-state index contributed by atoms with van der Waals surface area (Å²) in [4.78, 5) is 22.1. The summed E-state index contributed by atoms with van der Waals surface area (Å²) < 4.78 is 0. The molecule has 4 rings (SSSR count). The molecule has 23 heavy (non-hydrogen) atoms. The lowest BCUT2D eigenvalue weighted by atomic mass is 10.0. The molecule has 3 heterocycles. The number of benzene rings is 1. The van der Waals surface area contributed by atoms with Crippen LogP contribution in [0.25, 0.3) is 10.8 Å². The van der Waals surface area contributed by atoms with Gasteiger partial charge in [-0.25, -0.2) is 0 Å². The van der Waals surface area contributed by atoms with Crippen LogP contribution in [0.5, 0.6) is 0 Å². The Kier molecular flexibility index (Phi) is 3.77. The number of likely N-dealkylation sites (N-methyl/N-ethyl adjacent to an activating group) is 1. The molecule has 4 heteroatoms. The number of pyridine rings is 1. The molecule has 1 aromatic carbocycles. The van der Waals surface area contributed by atoms with Gasteiger partial charge in [0.2, 0.25) is 0 Å². The summed E-state index contributed by atoms with van der Waals surface area (Å²) in [5, 5.41) is 2.05. The quantitative estimate of drug-likeness (QED) is 0.856. The molecule has 2 aromatic rings. The third-order valence-electron chi connectivity index (χ3n) is 5.46. The van der Waals surface area contributed by atoms with Crippen LogP contribution in [0, 0.1) is 0 Å². The van der Waals surface area contributed by atoms with Gasteiger partial charge in [-0.05, 0) is 50.7 Å². The molecule has 0 saturated carbocycles. The predicted octanol–water partition coefficient (Wildman–Crippen LogP) is 2.93. The molecule has 120 valence electrons. The molecule has 0 unspecified atom stereocenters. The maximum absolute atomic E-state index is 13.2. The molecule has 0 radical (unpaired) electrons. The van der Waals surface area contributed by atoms with Crippen LogP contribution in [0.3, 0.4) is 0 Å². The van der Waals surface area contributed by atoms with Crippen molar-refractivity contribution >= 4 is 16.7 Å². The third-order valence-corrected chi connectivity index (χ3v) is 5.46. The van der Waals surface area contributed by atoms with Crippen LogP contribution in [0.4, 0.5) is 0 Å². The van der Waals surface area contributed by atoms with E-state index < -0.39 is 0 Å². The van der Waals surface area contributed by atoms with Crippen molar-refractivity contribution in [3.63, 3.8) is 0 Å². The number of rotatable bonds is 2. The maximum atomic E-state index is 13.2. The largest absolute Gasteiger partial charge is 0.333 e. The standard InChI is InChI=1S/C19H23N3O/c1-21-12-4-8-16(21)17-9-5-13-22(17)19(23)18-15-7-3-2-6-14(15)10-11-20-18/h2-3,6-7,10-11,16-17H,4-5,8-9,12-13H2,1H3/t16-,17-/m0/s1. The van der Waals surface area contributed by atoms with Crippen molar-refractivity contribution in [2.45, 2.75) is 37.8 Å². The zero-order valence-electron chi connectivity index (χ0n) is 13.6. The smallest absolute Gasteiger partial charge is 0.273 e. The molecule has 2 fully saturated rings. The fourth-order valence-electron chi connectivity index (χ4n) is 4.29. The van der Waals surface area contributed by atoms with Gasteiger partial charge in [-0.15, -0.1) is 0 Å². The Balaban J connectivity index is 1.67. The Morgan fingerprint density at radius 2 is 1.87 bits per heavy atom. The molecule has 0 aliphatic carbocycles. The second kappa shape index (κ2) is 5.93. The average molecular weight is 309 g/mol. The molecule has 2 aliphatic rings. The van der Waals surface area contributed by atoms with E-state index in [-0.39, 0.29) is 5.91 Å². The van der Waals surface area contributed by atoms with Crippen molar-refractivity contribution in [2.75, 3.05) is 20.1 Å². The van der Waals surface area contributed by atoms with Gasteiger partial charge in [-0.3, -0.25) is 9.78 Å². The van der Waals surface area contributed by atoms with Gasteiger partial charge in [-0.2, -0.15) is 0 Å². The van der Waals surface area contributed by atoms with E-state index in [1.54, 1.807) is 6.20 Å². The van der Waals surface area contributed by atoms with Crippen LogP contribution in [0.1, 0.15) is 36.2 Å². The van der Waals surface area contributed by atoms with E-state index in [4.69, 9.17) is 0 Å². The van der Waals surface area contributed by atoms with Crippen molar-refractivity contribution < 1.29 is 4.79 Å². The van der Waals surface area contributed by atoms with Crippen LogP contribution in [0.2, 0.25) is 0 Å². The molecular weight excluding hydrogens is 286 g/mol. The summed E-state index contributed by atoms with van der Waals surface area (Å²) in [5.41, 5.74) is 0.607. The first-order chi connectivity index (χ1) is 11.3. The van der Waals surface area contributed by atoms with Gasteiger partial charge in [0, 0.05) is 30.2 Å². The van der Waals surface area contributed by atoms with Crippen molar-refractivity contribution in [1.82, 2.24) is 14.8 Å². The number of fused-ring (bicyclic) bond motifs is 1. The highest BCUT2D eigenvalue weighted by Crippen LogP contribution is 2.30. The van der Waals surface area contributed by atoms with Crippen molar-refractivity contribution in [3.05, 3.63) is 42.2 Å². The van der Waals surface area contributed by atoms with E-state index in [0.717, 1.165) is 36.7 Å². The molecule has 2 aliphatic heterocycles. The first-order valence-corrected chi connectivity index (χ1v) is 8.60. The normalized spacial score (nSPS) is 25.3. The lowest BCUT2D eigenvalue weighted by Crippen LogP contribution is -2.47. The van der Waals surface area contributed by atoms with Crippen LogP contribution >= 0.6 is 0 Å². The monoisotopic (exact) mass is 309 g/mol. The molecule has 0 spiro atoms. The van der Waals surface area contributed by atoms with Crippen molar-refractivity contribution in [1.29, 1.82) is 0 Å². The Morgan fingerprint density at radius 3 is 2.70 bits per heavy atom. The summed E-state index contributed by atoms with van der Waals surface area (Å²) in [5.74, 6) is 0.101. The molecule has 4 nitrogen and oxygen atoms in total. The Morgan fingerprint density at radius 1 is 1.09 bits per heavy atom. The van der Waals surface area contributed by atoms with E-state index >= 15 is 0 Å². The third kappa shape index (κ3) is 2.51. The van der Waals surface area contributed by atoms with Gasteiger partial charge in [0.1, 0.15) is 5.69 Å². The molecule has 1 aromatic heterocycles. The maximum Gasteiger partial charge on any atom is 0.273 e. The van der Waals surface area contributed by atoms with Crippen LogP contribution in [-0.2, 0) is 0 Å². The molecular formula is C19H23N3O. The number of likely N-dealkylation sites (tertiary alicyclic amines) is 2. The van der Waals surface area contributed by atoms with Gasteiger partial charge >= 0.3 is 0 Å². The Hall–Kier alpha value is -1.94. The summed E-state index contributed by atoms with van der Waals surface area (Å²) in [7, 11) is 2.19. The SMILES string of the molecule is CN1CCC[C@H]1[C@@H]1CCCN1C(=O)c1nccc2ccccc12. The predicted molar refractivity (Wildman–Crippen MR) is 91.5 cm³/mol. The van der Waals surface area contributed by atoms with E-state index in [1.165, 1.54) is 12.8 Å². The molecule has 1 amide bonds. The van der Waals surface area contributed by atoms with E-state index in [0.29, 0.717) is 17.8 Å². The number of aromatic nitrogens is 1. The molecule has 0 bridgehead atoms. The summed E-state index contributed by atoms with van der Waals surface area (Å²) >= 11 is 0. The van der Waals surface area contributed by atoms with E-state index in [2.05, 4.69) is 21.8 Å². The molecule has 2 saturated heterocycles. The van der Waals surface area contributed by atoms with E-state index in [9.17, 15) is 4.79 Å². The molecule has 0 N–H and O–H groups in total. The molecule has 2 atom stereocenters. The zero-order chi connectivity index (χ0) is 15.8. The number of hydrogen-bond donors (Lipinski definition) is 0. The fourth-order valence-corrected chi connectivity index (χ4v) is 4.29. The van der Waals surface area contributed by atoms with Gasteiger partial charge < -0.3 is 9.80 Å². The van der Waals surface area contributed by atoms with E-state index in [1.807, 2.05) is 30.3 Å². The van der Waals surface area contributed by atoms with Crippen molar-refractivity contribution in [2.24, 2.45) is 0 Å². The van der Waals surface area contributed by atoms with Gasteiger partial charge in [-0.1, -0.05) is 24.3 Å². The second-order valence-corrected chi connectivity index (χ2v) is 6.78. The number of amides is 1. The zero-order valence-corrected chi connectivity index (χ0v) is 13.6. The minimum Gasteiger partial charge on any atom is -0.333 e. The fraction of sp³-hybridized carbons (Fsp3) is 0.474. The topological polar surface area (TPSA) is 36.4 Å². The highest BCUT2D eigenvalue weighted by molar-refractivity contribution is 6.05. The minimum absolute atomic E-state index is 0.101. The van der Waals surface area contributed by atoms with Crippen molar-refractivity contribution in [3.8, 4) is 0 Å². The Labute approximate surface area is 137 Å². The highest BCUT2D eigenvalue weighted by atomic mass is 16.2.